The Balaban J connectivity index is 2.20. The van der Waals surface area contributed by atoms with Gasteiger partial charge in [0.15, 0.2) is 0 Å². The number of benzene rings is 1. The zero-order valence-electron chi connectivity index (χ0n) is 9.83. The van der Waals surface area contributed by atoms with Gasteiger partial charge in [0.1, 0.15) is 0 Å². The second kappa shape index (κ2) is 7.66. The maximum atomic E-state index is 5.94. The molecule has 1 rings (SSSR count). The summed E-state index contributed by atoms with van der Waals surface area (Å²) in [5.41, 5.74) is 1.38. The molecule has 0 bridgehead atoms. The molecular formula is C13H21OSi. The van der Waals surface area contributed by atoms with Crippen LogP contribution in [-0.4, -0.2) is 15.6 Å². The minimum absolute atomic E-state index is 0.504. The molecule has 0 unspecified atom stereocenters. The van der Waals surface area contributed by atoms with Gasteiger partial charge < -0.3 is 4.43 Å². The normalized spacial score (nSPS) is 10.9. The van der Waals surface area contributed by atoms with Gasteiger partial charge in [0, 0.05) is 6.61 Å². The van der Waals surface area contributed by atoms with Crippen LogP contribution < -0.4 is 0 Å². The molecule has 0 amide bonds. The largest absolute Gasteiger partial charge is 0.416 e. The van der Waals surface area contributed by atoms with E-state index in [0.717, 1.165) is 13.0 Å². The molecule has 0 aliphatic rings. The van der Waals surface area contributed by atoms with E-state index in [0.29, 0.717) is 0 Å². The third-order valence-electron chi connectivity index (χ3n) is 2.46. The Labute approximate surface area is 95.2 Å². The van der Waals surface area contributed by atoms with Gasteiger partial charge in [-0.3, -0.25) is 0 Å². The van der Waals surface area contributed by atoms with Crippen LogP contribution in [-0.2, 0) is 10.8 Å². The molecule has 1 nitrogen and oxygen atoms in total. The summed E-state index contributed by atoms with van der Waals surface area (Å²) in [6.07, 6.45) is 2.31. The van der Waals surface area contributed by atoms with E-state index in [9.17, 15) is 0 Å². The van der Waals surface area contributed by atoms with Crippen LogP contribution in [0.25, 0.3) is 0 Å². The SMILES string of the molecule is CCC[Si](CC)OCCc1ccccc1. The lowest BCUT2D eigenvalue weighted by atomic mass is 10.2. The average molecular weight is 221 g/mol. The van der Waals surface area contributed by atoms with E-state index in [4.69, 9.17) is 4.43 Å². The second-order valence-electron chi connectivity index (χ2n) is 3.73. The Morgan fingerprint density at radius 3 is 2.47 bits per heavy atom. The van der Waals surface area contributed by atoms with Crippen LogP contribution >= 0.6 is 0 Å². The Morgan fingerprint density at radius 1 is 1.13 bits per heavy atom. The minimum atomic E-state index is -0.504. The van der Waals surface area contributed by atoms with Gasteiger partial charge in [-0.15, -0.1) is 0 Å². The molecule has 0 fully saturated rings. The van der Waals surface area contributed by atoms with Gasteiger partial charge in [0.05, 0.1) is 0 Å². The summed E-state index contributed by atoms with van der Waals surface area (Å²) >= 11 is 0. The molecule has 0 saturated heterocycles. The summed E-state index contributed by atoms with van der Waals surface area (Å²) < 4.78 is 5.94. The van der Waals surface area contributed by atoms with Crippen LogP contribution in [0, 0.1) is 0 Å². The van der Waals surface area contributed by atoms with Crippen molar-refractivity contribution in [3.63, 3.8) is 0 Å². The molecule has 0 heterocycles. The molecule has 2 heteroatoms. The van der Waals surface area contributed by atoms with E-state index in [1.165, 1.54) is 24.1 Å². The van der Waals surface area contributed by atoms with Crippen LogP contribution in [0.4, 0.5) is 0 Å². The van der Waals surface area contributed by atoms with Crippen molar-refractivity contribution in [1.82, 2.24) is 0 Å². The van der Waals surface area contributed by atoms with Crippen molar-refractivity contribution in [2.75, 3.05) is 6.61 Å². The number of rotatable bonds is 7. The van der Waals surface area contributed by atoms with E-state index in [1.54, 1.807) is 0 Å². The number of hydrogen-bond acceptors (Lipinski definition) is 1. The van der Waals surface area contributed by atoms with E-state index < -0.39 is 9.04 Å². The summed E-state index contributed by atoms with van der Waals surface area (Å²) in [6, 6.07) is 13.1. The fourth-order valence-corrected chi connectivity index (χ4v) is 3.24. The highest BCUT2D eigenvalue weighted by atomic mass is 28.3. The van der Waals surface area contributed by atoms with Crippen molar-refractivity contribution in [2.45, 2.75) is 38.8 Å². The molecule has 0 aliphatic carbocycles. The molecule has 0 N–H and O–H groups in total. The van der Waals surface area contributed by atoms with Crippen molar-refractivity contribution >= 4 is 9.04 Å². The third-order valence-corrected chi connectivity index (χ3v) is 4.92. The topological polar surface area (TPSA) is 9.23 Å². The molecule has 0 aromatic heterocycles. The van der Waals surface area contributed by atoms with E-state index >= 15 is 0 Å². The van der Waals surface area contributed by atoms with Crippen molar-refractivity contribution in [1.29, 1.82) is 0 Å². The summed E-state index contributed by atoms with van der Waals surface area (Å²) in [5.74, 6) is 0. The Kier molecular flexibility index (Phi) is 6.36. The average Bonchev–Trinajstić information content (AvgIpc) is 2.29. The molecule has 1 aromatic carbocycles. The van der Waals surface area contributed by atoms with Crippen LogP contribution in [0.2, 0.25) is 12.1 Å². The minimum Gasteiger partial charge on any atom is -0.416 e. The van der Waals surface area contributed by atoms with Gasteiger partial charge in [-0.1, -0.05) is 50.6 Å². The maximum absolute atomic E-state index is 5.94. The Bertz CT molecular complexity index is 248. The van der Waals surface area contributed by atoms with Gasteiger partial charge in [0.2, 0.25) is 9.04 Å². The lowest BCUT2D eigenvalue weighted by Crippen LogP contribution is -2.17. The molecular weight excluding hydrogens is 200 g/mol. The van der Waals surface area contributed by atoms with Gasteiger partial charge >= 0.3 is 0 Å². The lowest BCUT2D eigenvalue weighted by molar-refractivity contribution is 0.322. The van der Waals surface area contributed by atoms with E-state index in [2.05, 4.69) is 44.2 Å². The van der Waals surface area contributed by atoms with Gasteiger partial charge in [-0.2, -0.15) is 0 Å². The first-order valence-electron chi connectivity index (χ1n) is 5.88. The number of hydrogen-bond donors (Lipinski definition) is 0. The summed E-state index contributed by atoms with van der Waals surface area (Å²) in [6.45, 7) is 5.37. The highest BCUT2D eigenvalue weighted by molar-refractivity contribution is 6.51. The molecule has 0 aliphatic heterocycles. The first-order chi connectivity index (χ1) is 7.36. The van der Waals surface area contributed by atoms with Crippen molar-refractivity contribution < 1.29 is 4.43 Å². The lowest BCUT2D eigenvalue weighted by Gasteiger charge is -2.12. The molecule has 0 atom stereocenters. The third kappa shape index (κ3) is 5.14. The van der Waals surface area contributed by atoms with Crippen molar-refractivity contribution in [2.24, 2.45) is 0 Å². The molecule has 0 spiro atoms. The Morgan fingerprint density at radius 2 is 1.87 bits per heavy atom. The molecule has 1 aromatic rings. The summed E-state index contributed by atoms with van der Waals surface area (Å²) in [4.78, 5) is 0. The van der Waals surface area contributed by atoms with Gasteiger partial charge in [-0.05, 0) is 24.1 Å². The molecule has 15 heavy (non-hydrogen) atoms. The summed E-state index contributed by atoms with van der Waals surface area (Å²) in [7, 11) is -0.504. The predicted octanol–water partition coefficient (Wildman–Crippen LogP) is 3.67. The maximum Gasteiger partial charge on any atom is 0.211 e. The zero-order chi connectivity index (χ0) is 10.9. The summed E-state index contributed by atoms with van der Waals surface area (Å²) in [5, 5.41) is 0. The standard InChI is InChI=1S/C13H21OSi/c1-3-12-15(4-2)14-11-10-13-8-6-5-7-9-13/h5-9H,3-4,10-12H2,1-2H3. The first-order valence-corrected chi connectivity index (χ1v) is 7.70. The van der Waals surface area contributed by atoms with E-state index in [-0.39, 0.29) is 0 Å². The second-order valence-corrected chi connectivity index (χ2v) is 6.30. The predicted molar refractivity (Wildman–Crippen MR) is 67.4 cm³/mol. The van der Waals surface area contributed by atoms with Gasteiger partial charge in [0.25, 0.3) is 0 Å². The van der Waals surface area contributed by atoms with E-state index in [1.807, 2.05) is 0 Å². The highest BCUT2D eigenvalue weighted by Crippen LogP contribution is 2.06. The molecule has 0 saturated carbocycles. The van der Waals surface area contributed by atoms with Crippen LogP contribution in [0.5, 0.6) is 0 Å². The smallest absolute Gasteiger partial charge is 0.211 e. The first kappa shape index (κ1) is 12.5. The van der Waals surface area contributed by atoms with Crippen molar-refractivity contribution in [3.05, 3.63) is 35.9 Å². The highest BCUT2D eigenvalue weighted by Gasteiger charge is 2.08. The van der Waals surface area contributed by atoms with Crippen LogP contribution in [0.1, 0.15) is 25.8 Å². The molecule has 83 valence electrons. The van der Waals surface area contributed by atoms with Crippen LogP contribution in [0.3, 0.4) is 0 Å². The van der Waals surface area contributed by atoms with Gasteiger partial charge in [-0.25, -0.2) is 0 Å². The Hall–Kier alpha value is -0.603. The van der Waals surface area contributed by atoms with Crippen molar-refractivity contribution in [3.8, 4) is 0 Å². The zero-order valence-corrected chi connectivity index (χ0v) is 10.8. The quantitative estimate of drug-likeness (QED) is 0.638. The van der Waals surface area contributed by atoms with Crippen LogP contribution in [0.15, 0.2) is 30.3 Å². The fraction of sp³-hybridized carbons (Fsp3) is 0.538. The fourth-order valence-electron chi connectivity index (χ4n) is 1.59. The molecule has 1 radical (unpaired) electrons. The monoisotopic (exact) mass is 221 g/mol.